The fourth-order valence-electron chi connectivity index (χ4n) is 1.98. The monoisotopic (exact) mass is 358 g/mol. The second kappa shape index (κ2) is 5.68. The number of hydrogen-bond donors (Lipinski definition) is 1. The lowest BCUT2D eigenvalue weighted by Gasteiger charge is -2.10. The van der Waals surface area contributed by atoms with Crippen LogP contribution < -0.4 is 5.32 Å². The number of aromatic nitrogens is 2. The predicted octanol–water partition coefficient (Wildman–Crippen LogP) is 4.66. The van der Waals surface area contributed by atoms with Crippen molar-refractivity contribution in [3.05, 3.63) is 57.7 Å². The van der Waals surface area contributed by atoms with Gasteiger partial charge in [0.1, 0.15) is 0 Å². The van der Waals surface area contributed by atoms with Crippen molar-refractivity contribution in [1.82, 2.24) is 10.2 Å². The molecule has 0 saturated carbocycles. The summed E-state index contributed by atoms with van der Waals surface area (Å²) in [4.78, 5) is 0. The van der Waals surface area contributed by atoms with E-state index in [1.165, 1.54) is 0 Å². The van der Waals surface area contributed by atoms with E-state index in [-0.39, 0.29) is 0 Å². The second-order valence-electron chi connectivity index (χ2n) is 4.32. The largest absolute Gasteiger partial charge is 0.337 e. The molecule has 3 aromatic rings. The summed E-state index contributed by atoms with van der Waals surface area (Å²) in [5, 5.41) is 22.2. The van der Waals surface area contributed by atoms with Crippen molar-refractivity contribution in [2.45, 2.75) is 0 Å². The van der Waals surface area contributed by atoms with Crippen LogP contribution in [0, 0.1) is 11.3 Å². The van der Waals surface area contributed by atoms with Gasteiger partial charge in [-0.05, 0) is 34.1 Å². The van der Waals surface area contributed by atoms with Crippen molar-refractivity contribution in [2.24, 2.45) is 0 Å². The van der Waals surface area contributed by atoms with Crippen LogP contribution in [0.4, 0.5) is 11.5 Å². The van der Waals surface area contributed by atoms with Crippen LogP contribution in [-0.2, 0) is 0 Å². The van der Waals surface area contributed by atoms with Gasteiger partial charge in [-0.1, -0.05) is 35.9 Å². The molecule has 0 atom stereocenters. The average Bonchev–Trinajstić information content (AvgIpc) is 2.52. The Kier molecular flexibility index (Phi) is 3.74. The summed E-state index contributed by atoms with van der Waals surface area (Å²) in [5.41, 5.74) is 1.38. The van der Waals surface area contributed by atoms with Crippen LogP contribution in [0.2, 0.25) is 5.15 Å². The van der Waals surface area contributed by atoms with Crippen molar-refractivity contribution in [3.8, 4) is 6.07 Å². The van der Waals surface area contributed by atoms with E-state index in [9.17, 15) is 0 Å². The molecular weight excluding hydrogens is 352 g/mol. The molecule has 0 aliphatic carbocycles. The molecule has 1 aromatic heterocycles. The number of hydrogen-bond acceptors (Lipinski definition) is 4. The first-order chi connectivity index (χ1) is 10.2. The Balaban J connectivity index is 2.07. The van der Waals surface area contributed by atoms with E-state index < -0.39 is 0 Å². The van der Waals surface area contributed by atoms with Crippen LogP contribution in [0.1, 0.15) is 5.56 Å². The number of anilines is 2. The van der Waals surface area contributed by atoms with E-state index in [0.29, 0.717) is 16.5 Å². The topological polar surface area (TPSA) is 61.6 Å². The summed E-state index contributed by atoms with van der Waals surface area (Å²) in [5.74, 6) is 0.611. The predicted molar refractivity (Wildman–Crippen MR) is 86.7 cm³/mol. The molecule has 1 N–H and O–H groups in total. The molecule has 0 amide bonds. The number of nitriles is 1. The van der Waals surface area contributed by atoms with Crippen LogP contribution in [0.3, 0.4) is 0 Å². The lowest BCUT2D eigenvalue weighted by Crippen LogP contribution is -1.98. The number of nitrogens with one attached hydrogen (secondary N) is 1. The standard InChI is InChI=1S/C15H8BrClN4/c16-12-7-9(8-18)5-6-13(12)19-15-11-4-2-1-3-10(11)14(17)20-21-15/h1-7H,(H,19,21). The molecule has 0 saturated heterocycles. The van der Waals surface area contributed by atoms with E-state index in [2.05, 4.69) is 37.5 Å². The summed E-state index contributed by atoms with van der Waals surface area (Å²) in [6.07, 6.45) is 0. The average molecular weight is 360 g/mol. The number of nitrogens with zero attached hydrogens (tertiary/aromatic N) is 3. The van der Waals surface area contributed by atoms with Crippen molar-refractivity contribution < 1.29 is 0 Å². The van der Waals surface area contributed by atoms with E-state index in [0.717, 1.165) is 20.9 Å². The Labute approximate surface area is 134 Å². The van der Waals surface area contributed by atoms with E-state index in [4.69, 9.17) is 16.9 Å². The highest BCUT2D eigenvalue weighted by Gasteiger charge is 2.09. The third-order valence-electron chi connectivity index (χ3n) is 2.99. The van der Waals surface area contributed by atoms with Crippen LogP contribution >= 0.6 is 27.5 Å². The minimum Gasteiger partial charge on any atom is -0.337 e. The normalized spacial score (nSPS) is 10.3. The van der Waals surface area contributed by atoms with Crippen LogP contribution in [0.15, 0.2) is 46.9 Å². The maximum atomic E-state index is 8.89. The highest BCUT2D eigenvalue weighted by molar-refractivity contribution is 9.10. The van der Waals surface area contributed by atoms with E-state index in [1.807, 2.05) is 30.3 Å². The van der Waals surface area contributed by atoms with Crippen LogP contribution in [0.25, 0.3) is 10.8 Å². The van der Waals surface area contributed by atoms with Crippen LogP contribution in [-0.4, -0.2) is 10.2 Å². The molecule has 0 fully saturated rings. The fourth-order valence-corrected chi connectivity index (χ4v) is 2.66. The van der Waals surface area contributed by atoms with Crippen molar-refractivity contribution in [2.75, 3.05) is 5.32 Å². The lowest BCUT2D eigenvalue weighted by molar-refractivity contribution is 1.05. The third-order valence-corrected chi connectivity index (χ3v) is 3.93. The Bertz CT molecular complexity index is 873. The first kappa shape index (κ1) is 13.8. The molecule has 0 unspecified atom stereocenters. The molecule has 6 heteroatoms. The molecular formula is C15H8BrClN4. The van der Waals surface area contributed by atoms with Gasteiger partial charge in [0.05, 0.1) is 17.3 Å². The summed E-state index contributed by atoms with van der Waals surface area (Å²) >= 11 is 9.49. The number of halogens is 2. The van der Waals surface area contributed by atoms with Gasteiger partial charge in [-0.2, -0.15) is 5.26 Å². The molecule has 3 rings (SSSR count). The minimum absolute atomic E-state index is 0.370. The molecule has 0 spiro atoms. The fraction of sp³-hybridized carbons (Fsp3) is 0. The zero-order valence-electron chi connectivity index (χ0n) is 10.6. The van der Waals surface area contributed by atoms with Gasteiger partial charge in [0.25, 0.3) is 0 Å². The third kappa shape index (κ3) is 2.68. The summed E-state index contributed by atoms with van der Waals surface area (Å²) in [7, 11) is 0. The van der Waals surface area contributed by atoms with Crippen molar-refractivity contribution in [1.29, 1.82) is 5.26 Å². The van der Waals surface area contributed by atoms with Gasteiger partial charge in [-0.25, -0.2) is 0 Å². The molecule has 0 bridgehead atoms. The molecule has 21 heavy (non-hydrogen) atoms. The molecule has 0 aliphatic rings. The zero-order chi connectivity index (χ0) is 14.8. The summed E-state index contributed by atoms with van der Waals surface area (Å²) < 4.78 is 0.780. The van der Waals surface area contributed by atoms with E-state index in [1.54, 1.807) is 12.1 Å². The minimum atomic E-state index is 0.370. The summed E-state index contributed by atoms with van der Waals surface area (Å²) in [6.45, 7) is 0. The van der Waals surface area contributed by atoms with Crippen LogP contribution in [0.5, 0.6) is 0 Å². The molecule has 1 heterocycles. The molecule has 102 valence electrons. The Morgan fingerprint density at radius 2 is 1.86 bits per heavy atom. The van der Waals surface area contributed by atoms with Crippen molar-refractivity contribution >= 4 is 49.8 Å². The molecule has 2 aromatic carbocycles. The zero-order valence-corrected chi connectivity index (χ0v) is 13.0. The van der Waals surface area contributed by atoms with Gasteiger partial charge in [0, 0.05) is 15.2 Å². The maximum absolute atomic E-state index is 8.89. The quantitative estimate of drug-likeness (QED) is 0.723. The van der Waals surface area contributed by atoms with Gasteiger partial charge >= 0.3 is 0 Å². The van der Waals surface area contributed by atoms with Gasteiger partial charge in [0.2, 0.25) is 0 Å². The maximum Gasteiger partial charge on any atom is 0.161 e. The number of rotatable bonds is 2. The first-order valence-electron chi connectivity index (χ1n) is 6.06. The van der Waals surface area contributed by atoms with Gasteiger partial charge in [0.15, 0.2) is 11.0 Å². The van der Waals surface area contributed by atoms with Gasteiger partial charge in [-0.15, -0.1) is 10.2 Å². The number of fused-ring (bicyclic) bond motifs is 1. The second-order valence-corrected chi connectivity index (χ2v) is 5.53. The van der Waals surface area contributed by atoms with Gasteiger partial charge in [-0.3, -0.25) is 0 Å². The Morgan fingerprint density at radius 1 is 1.10 bits per heavy atom. The van der Waals surface area contributed by atoms with E-state index >= 15 is 0 Å². The van der Waals surface area contributed by atoms with Gasteiger partial charge < -0.3 is 5.32 Å². The molecule has 4 nitrogen and oxygen atoms in total. The smallest absolute Gasteiger partial charge is 0.161 e. The number of benzene rings is 2. The highest BCUT2D eigenvalue weighted by Crippen LogP contribution is 2.31. The molecule has 0 radical (unpaired) electrons. The molecule has 0 aliphatic heterocycles. The summed E-state index contributed by atoms with van der Waals surface area (Å²) in [6, 6.07) is 15.0. The SMILES string of the molecule is N#Cc1ccc(Nc2nnc(Cl)c3ccccc23)c(Br)c1. The van der Waals surface area contributed by atoms with Crippen molar-refractivity contribution in [3.63, 3.8) is 0 Å². The highest BCUT2D eigenvalue weighted by atomic mass is 79.9. The first-order valence-corrected chi connectivity index (χ1v) is 7.24. The Morgan fingerprint density at radius 3 is 2.57 bits per heavy atom. The lowest BCUT2D eigenvalue weighted by atomic mass is 10.2. The Hall–Kier alpha value is -2.16.